The largest absolute Gasteiger partial charge is 0.416 e. The van der Waals surface area contributed by atoms with Gasteiger partial charge in [-0.25, -0.2) is 0 Å². The number of hydrogen-bond donors (Lipinski definition) is 2. The van der Waals surface area contributed by atoms with Crippen LogP contribution in [0.2, 0.25) is 0 Å². The van der Waals surface area contributed by atoms with Crippen LogP contribution < -0.4 is 10.6 Å². The summed E-state index contributed by atoms with van der Waals surface area (Å²) >= 11 is 3.17. The molecular formula is C20H20BrF3N2O. The monoisotopic (exact) mass is 440 g/mol. The zero-order valence-electron chi connectivity index (χ0n) is 14.5. The molecule has 2 unspecified atom stereocenters. The van der Waals surface area contributed by atoms with Gasteiger partial charge in [0.25, 0.3) is 5.91 Å². The van der Waals surface area contributed by atoms with Crippen molar-refractivity contribution in [3.05, 3.63) is 70.8 Å². The molecule has 1 aliphatic rings. The quantitative estimate of drug-likeness (QED) is 0.688. The first-order chi connectivity index (χ1) is 12.9. The summed E-state index contributed by atoms with van der Waals surface area (Å²) in [5, 5.41) is 6.52. The third-order valence-corrected chi connectivity index (χ3v) is 5.41. The maximum atomic E-state index is 13.1. The summed E-state index contributed by atoms with van der Waals surface area (Å²) in [6.45, 7) is 1.47. The first-order valence-electron chi connectivity index (χ1n) is 8.72. The molecule has 2 N–H and O–H groups in total. The van der Waals surface area contributed by atoms with E-state index in [4.69, 9.17) is 0 Å². The number of carbonyl (C=O) groups excluding carboxylic acids is 1. The third kappa shape index (κ3) is 4.90. The molecule has 1 amide bonds. The third-order valence-electron chi connectivity index (χ3n) is 4.76. The fraction of sp³-hybridized carbons (Fsp3) is 0.350. The Morgan fingerprint density at radius 1 is 1.19 bits per heavy atom. The molecule has 0 aromatic heterocycles. The zero-order chi connectivity index (χ0) is 19.4. The minimum atomic E-state index is -4.49. The molecule has 7 heteroatoms. The first kappa shape index (κ1) is 19.9. The molecule has 2 aromatic rings. The van der Waals surface area contributed by atoms with Gasteiger partial charge in [-0.15, -0.1) is 0 Å². The number of hydrogen-bond acceptors (Lipinski definition) is 2. The lowest BCUT2D eigenvalue weighted by Crippen LogP contribution is -2.48. The lowest BCUT2D eigenvalue weighted by molar-refractivity contribution is -0.137. The van der Waals surface area contributed by atoms with Gasteiger partial charge in [0.05, 0.1) is 5.56 Å². The van der Waals surface area contributed by atoms with E-state index in [1.807, 2.05) is 30.3 Å². The van der Waals surface area contributed by atoms with Crippen LogP contribution in [-0.4, -0.2) is 25.0 Å². The van der Waals surface area contributed by atoms with Gasteiger partial charge in [0.2, 0.25) is 0 Å². The number of amides is 1. The fourth-order valence-electron chi connectivity index (χ4n) is 3.40. The molecule has 1 saturated heterocycles. The lowest BCUT2D eigenvalue weighted by atomic mass is 9.86. The average molecular weight is 441 g/mol. The number of piperidine rings is 1. The Kier molecular flexibility index (Phi) is 6.22. The second kappa shape index (κ2) is 8.44. The number of benzene rings is 2. The standard InChI is InChI=1S/C20H20BrF3N2O/c21-11-13-8-15(10-16(9-13)20(22,23)24)19(27)26-18-6-7-25-12-17(18)14-4-2-1-3-5-14/h1-5,8-10,17-18,25H,6-7,11-12H2,(H,26,27). The van der Waals surface area contributed by atoms with Gasteiger partial charge >= 0.3 is 6.18 Å². The number of alkyl halides is 4. The molecule has 3 nitrogen and oxygen atoms in total. The highest BCUT2D eigenvalue weighted by atomic mass is 79.9. The Balaban J connectivity index is 1.83. The molecule has 2 atom stereocenters. The van der Waals surface area contributed by atoms with Gasteiger partial charge < -0.3 is 10.6 Å². The van der Waals surface area contributed by atoms with Crippen LogP contribution in [0.25, 0.3) is 0 Å². The Bertz CT molecular complexity index is 796. The van der Waals surface area contributed by atoms with Crippen molar-refractivity contribution in [2.45, 2.75) is 29.9 Å². The maximum absolute atomic E-state index is 13.1. The van der Waals surface area contributed by atoms with Crippen LogP contribution in [0.5, 0.6) is 0 Å². The predicted octanol–water partition coefficient (Wildman–Crippen LogP) is 4.48. The highest BCUT2D eigenvalue weighted by molar-refractivity contribution is 9.08. The Labute approximate surface area is 164 Å². The fourth-order valence-corrected chi connectivity index (χ4v) is 3.72. The molecule has 0 aliphatic carbocycles. The minimum absolute atomic E-state index is 0.0321. The van der Waals surface area contributed by atoms with E-state index in [0.717, 1.165) is 30.7 Å². The van der Waals surface area contributed by atoms with Gasteiger partial charge in [-0.2, -0.15) is 13.2 Å². The van der Waals surface area contributed by atoms with E-state index in [1.165, 1.54) is 6.07 Å². The van der Waals surface area contributed by atoms with Crippen molar-refractivity contribution in [1.82, 2.24) is 10.6 Å². The van der Waals surface area contributed by atoms with E-state index >= 15 is 0 Å². The summed E-state index contributed by atoms with van der Waals surface area (Å²) in [7, 11) is 0. The molecule has 1 fully saturated rings. The van der Waals surface area contributed by atoms with Crippen LogP contribution in [0, 0.1) is 0 Å². The number of carbonyl (C=O) groups is 1. The van der Waals surface area contributed by atoms with Crippen molar-refractivity contribution < 1.29 is 18.0 Å². The second-order valence-electron chi connectivity index (χ2n) is 6.64. The van der Waals surface area contributed by atoms with Crippen LogP contribution in [0.1, 0.15) is 39.4 Å². The van der Waals surface area contributed by atoms with Gasteiger partial charge in [0.15, 0.2) is 0 Å². The van der Waals surface area contributed by atoms with Gasteiger partial charge in [0, 0.05) is 29.4 Å². The van der Waals surface area contributed by atoms with Crippen molar-refractivity contribution >= 4 is 21.8 Å². The van der Waals surface area contributed by atoms with Crippen molar-refractivity contribution in [3.8, 4) is 0 Å². The molecule has 144 valence electrons. The highest BCUT2D eigenvalue weighted by Crippen LogP contribution is 2.31. The molecule has 0 spiro atoms. The molecule has 0 radical (unpaired) electrons. The van der Waals surface area contributed by atoms with Crippen LogP contribution in [0.15, 0.2) is 48.5 Å². The van der Waals surface area contributed by atoms with E-state index in [1.54, 1.807) is 0 Å². The van der Waals surface area contributed by atoms with Crippen molar-refractivity contribution in [1.29, 1.82) is 0 Å². The van der Waals surface area contributed by atoms with Gasteiger partial charge in [-0.3, -0.25) is 4.79 Å². The molecule has 27 heavy (non-hydrogen) atoms. The Morgan fingerprint density at radius 3 is 2.59 bits per heavy atom. The summed E-state index contributed by atoms with van der Waals surface area (Å²) in [6, 6.07) is 13.2. The normalized spacial score (nSPS) is 20.3. The predicted molar refractivity (Wildman–Crippen MR) is 102 cm³/mol. The summed E-state index contributed by atoms with van der Waals surface area (Å²) in [4.78, 5) is 12.7. The van der Waals surface area contributed by atoms with E-state index in [9.17, 15) is 18.0 Å². The number of nitrogens with one attached hydrogen (secondary N) is 2. The van der Waals surface area contributed by atoms with E-state index < -0.39 is 17.6 Å². The first-order valence-corrected chi connectivity index (χ1v) is 9.84. The molecule has 1 heterocycles. The Morgan fingerprint density at radius 2 is 1.93 bits per heavy atom. The molecule has 2 aromatic carbocycles. The summed E-state index contributed by atoms with van der Waals surface area (Å²) < 4.78 is 39.4. The average Bonchev–Trinajstić information content (AvgIpc) is 2.68. The zero-order valence-corrected chi connectivity index (χ0v) is 16.1. The van der Waals surface area contributed by atoms with Gasteiger partial charge in [-0.1, -0.05) is 46.3 Å². The topological polar surface area (TPSA) is 41.1 Å². The summed E-state index contributed by atoms with van der Waals surface area (Å²) in [5.41, 5.74) is 0.735. The van der Waals surface area contributed by atoms with Crippen LogP contribution in [0.3, 0.4) is 0 Å². The van der Waals surface area contributed by atoms with Crippen LogP contribution in [0.4, 0.5) is 13.2 Å². The summed E-state index contributed by atoms with van der Waals surface area (Å²) in [5.74, 6) is -0.401. The summed E-state index contributed by atoms with van der Waals surface area (Å²) in [6.07, 6.45) is -3.77. The van der Waals surface area contributed by atoms with Crippen molar-refractivity contribution in [2.75, 3.05) is 13.1 Å². The van der Waals surface area contributed by atoms with Crippen molar-refractivity contribution in [2.24, 2.45) is 0 Å². The second-order valence-corrected chi connectivity index (χ2v) is 7.20. The molecule has 0 saturated carbocycles. The SMILES string of the molecule is O=C(NC1CCNCC1c1ccccc1)c1cc(CBr)cc(C(F)(F)F)c1. The van der Waals surface area contributed by atoms with Gasteiger partial charge in [-0.05, 0) is 42.3 Å². The minimum Gasteiger partial charge on any atom is -0.349 e. The van der Waals surface area contributed by atoms with E-state index in [-0.39, 0.29) is 22.9 Å². The van der Waals surface area contributed by atoms with Gasteiger partial charge in [0.1, 0.15) is 0 Å². The van der Waals surface area contributed by atoms with Crippen molar-refractivity contribution in [3.63, 3.8) is 0 Å². The Hall–Kier alpha value is -1.86. The van der Waals surface area contributed by atoms with E-state index in [0.29, 0.717) is 12.1 Å². The number of halogens is 4. The van der Waals surface area contributed by atoms with Crippen LogP contribution >= 0.6 is 15.9 Å². The van der Waals surface area contributed by atoms with E-state index in [2.05, 4.69) is 26.6 Å². The smallest absolute Gasteiger partial charge is 0.349 e. The van der Waals surface area contributed by atoms with Crippen LogP contribution in [-0.2, 0) is 11.5 Å². The maximum Gasteiger partial charge on any atom is 0.416 e. The molecule has 0 bridgehead atoms. The lowest BCUT2D eigenvalue weighted by Gasteiger charge is -2.33. The highest BCUT2D eigenvalue weighted by Gasteiger charge is 2.32. The molecule has 1 aliphatic heterocycles. The number of rotatable bonds is 4. The molecule has 3 rings (SSSR count). The molecular weight excluding hydrogens is 421 g/mol.